The fourth-order valence-electron chi connectivity index (χ4n) is 6.03. The number of rotatable bonds is 4. The summed E-state index contributed by atoms with van der Waals surface area (Å²) in [5.41, 5.74) is 2.93. The summed E-state index contributed by atoms with van der Waals surface area (Å²) < 4.78 is 0. The molecule has 4 aliphatic rings. The molecule has 2 aromatic heterocycles. The van der Waals surface area contributed by atoms with Crippen molar-refractivity contribution in [1.82, 2.24) is 30.2 Å². The lowest BCUT2D eigenvalue weighted by molar-refractivity contribution is -0.122. The number of imide groups is 2. The number of carbonyl (C=O) groups is 4. The molecule has 12 heteroatoms. The molecule has 2 fully saturated rings. The van der Waals surface area contributed by atoms with E-state index in [1.807, 2.05) is 17.4 Å². The van der Waals surface area contributed by atoms with Crippen LogP contribution in [0, 0.1) is 0 Å². The Labute approximate surface area is 228 Å². The minimum atomic E-state index is -0.761. The number of urea groups is 1. The van der Waals surface area contributed by atoms with Crippen molar-refractivity contribution in [2.75, 3.05) is 37.6 Å². The maximum Gasteiger partial charge on any atom is 0.343 e. The number of nitrogens with one attached hydrogen (secondary N) is 1. The van der Waals surface area contributed by atoms with Gasteiger partial charge in [-0.1, -0.05) is 6.07 Å². The summed E-state index contributed by atoms with van der Waals surface area (Å²) in [4.78, 5) is 66.3. The summed E-state index contributed by atoms with van der Waals surface area (Å²) in [7, 11) is 0. The van der Waals surface area contributed by atoms with Gasteiger partial charge in [0.05, 0.1) is 23.1 Å². The van der Waals surface area contributed by atoms with E-state index < -0.39 is 23.8 Å². The molecule has 1 aliphatic carbocycles. The molecule has 3 aliphatic heterocycles. The number of carbonyl (C=O) groups excluding carboxylic acids is 4. The van der Waals surface area contributed by atoms with Crippen LogP contribution < -0.4 is 10.2 Å². The lowest BCUT2D eigenvalue weighted by Crippen LogP contribution is -2.58. The Balaban J connectivity index is 1.04. The highest BCUT2D eigenvalue weighted by molar-refractivity contribution is 7.19. The Bertz CT molecular complexity index is 1540. The van der Waals surface area contributed by atoms with E-state index in [2.05, 4.69) is 20.1 Å². The largest absolute Gasteiger partial charge is 0.353 e. The third-order valence-electron chi connectivity index (χ3n) is 8.01. The van der Waals surface area contributed by atoms with Crippen molar-refractivity contribution in [2.45, 2.75) is 38.6 Å². The quantitative estimate of drug-likeness (QED) is 0.497. The van der Waals surface area contributed by atoms with Gasteiger partial charge in [0.1, 0.15) is 17.0 Å². The molecular weight excluding hydrogens is 518 g/mol. The van der Waals surface area contributed by atoms with Crippen LogP contribution >= 0.6 is 11.3 Å². The first-order valence-electron chi connectivity index (χ1n) is 13.3. The van der Waals surface area contributed by atoms with E-state index in [-0.39, 0.29) is 24.1 Å². The summed E-state index contributed by atoms with van der Waals surface area (Å²) >= 11 is 1.82. The zero-order chi connectivity index (χ0) is 26.7. The van der Waals surface area contributed by atoms with Crippen LogP contribution in [-0.2, 0) is 24.2 Å². The van der Waals surface area contributed by atoms with Gasteiger partial charge in [-0.2, -0.15) is 5.01 Å². The molecule has 0 spiro atoms. The summed E-state index contributed by atoms with van der Waals surface area (Å²) in [6, 6.07) is 4.51. The van der Waals surface area contributed by atoms with Crippen molar-refractivity contribution >= 4 is 51.1 Å². The minimum Gasteiger partial charge on any atom is -0.353 e. The molecule has 0 radical (unpaired) electrons. The summed E-state index contributed by atoms with van der Waals surface area (Å²) in [6.07, 6.45) is 6.43. The molecule has 5 amide bonds. The van der Waals surface area contributed by atoms with E-state index in [0.29, 0.717) is 6.54 Å². The predicted octanol–water partition coefficient (Wildman–Crippen LogP) is 2.35. The molecule has 1 aromatic carbocycles. The third kappa shape index (κ3) is 4.05. The highest BCUT2D eigenvalue weighted by atomic mass is 32.1. The van der Waals surface area contributed by atoms with Gasteiger partial charge in [0, 0.05) is 44.0 Å². The predicted molar refractivity (Wildman–Crippen MR) is 143 cm³/mol. The first-order valence-corrected chi connectivity index (χ1v) is 14.1. The Hall–Kier alpha value is -3.90. The molecule has 1 N–H and O–H groups in total. The van der Waals surface area contributed by atoms with Crippen LogP contribution in [0.15, 0.2) is 24.5 Å². The van der Waals surface area contributed by atoms with E-state index in [9.17, 15) is 19.2 Å². The molecule has 39 heavy (non-hydrogen) atoms. The number of anilines is 1. The number of nitrogens with zero attached hydrogens (tertiary/aromatic N) is 6. The molecule has 7 rings (SSSR count). The Morgan fingerprint density at radius 3 is 2.49 bits per heavy atom. The van der Waals surface area contributed by atoms with Crippen molar-refractivity contribution < 1.29 is 19.2 Å². The van der Waals surface area contributed by atoms with Crippen molar-refractivity contribution in [2.24, 2.45) is 0 Å². The average Bonchev–Trinajstić information content (AvgIpc) is 3.44. The van der Waals surface area contributed by atoms with Crippen LogP contribution in [0.5, 0.6) is 0 Å². The van der Waals surface area contributed by atoms with Gasteiger partial charge in [-0.3, -0.25) is 24.6 Å². The van der Waals surface area contributed by atoms with Gasteiger partial charge >= 0.3 is 6.03 Å². The zero-order valence-electron chi connectivity index (χ0n) is 21.3. The second-order valence-electron chi connectivity index (χ2n) is 10.4. The molecule has 200 valence electrons. The fraction of sp³-hybridized carbons (Fsp3) is 0.407. The molecule has 5 heterocycles. The minimum absolute atomic E-state index is 0.0138. The van der Waals surface area contributed by atoms with Gasteiger partial charge in [0.25, 0.3) is 11.8 Å². The average molecular weight is 546 g/mol. The van der Waals surface area contributed by atoms with Crippen molar-refractivity contribution in [3.63, 3.8) is 0 Å². The molecule has 0 unspecified atom stereocenters. The summed E-state index contributed by atoms with van der Waals surface area (Å²) in [5, 5.41) is 5.26. The van der Waals surface area contributed by atoms with Crippen LogP contribution in [-0.4, -0.2) is 81.4 Å². The topological polar surface area (TPSA) is 119 Å². The van der Waals surface area contributed by atoms with Gasteiger partial charge in [-0.15, -0.1) is 11.3 Å². The SMILES string of the molecule is O=C1CCN(N2C(=O)c3ccc(CN4CCN(c5ncnc6sc7c(c56)CCCC7)CC4)cc3C2=O)C(=O)N1. The first-order chi connectivity index (χ1) is 19.0. The highest BCUT2D eigenvalue weighted by Gasteiger charge is 2.43. The van der Waals surface area contributed by atoms with Crippen LogP contribution in [0.4, 0.5) is 10.6 Å². The summed E-state index contributed by atoms with van der Waals surface area (Å²) in [5.74, 6) is -0.470. The number of hydrogen-bond donors (Lipinski definition) is 1. The molecule has 0 bridgehead atoms. The number of hydrazine groups is 1. The maximum atomic E-state index is 13.1. The number of amides is 5. The van der Waals surface area contributed by atoms with Crippen molar-refractivity contribution in [3.8, 4) is 0 Å². The van der Waals surface area contributed by atoms with Gasteiger partial charge in [0.2, 0.25) is 5.91 Å². The van der Waals surface area contributed by atoms with Gasteiger partial charge in [-0.05, 0) is 48.9 Å². The second-order valence-corrected chi connectivity index (χ2v) is 11.5. The number of aryl methyl sites for hydroxylation is 2. The maximum absolute atomic E-state index is 13.1. The first kappa shape index (κ1) is 24.2. The third-order valence-corrected chi connectivity index (χ3v) is 9.21. The number of fused-ring (bicyclic) bond motifs is 4. The molecular formula is C27H27N7O4S. The Kier molecular flexibility index (Phi) is 5.81. The van der Waals surface area contributed by atoms with Gasteiger partial charge in [0.15, 0.2) is 0 Å². The van der Waals surface area contributed by atoms with E-state index in [1.54, 1.807) is 18.5 Å². The van der Waals surface area contributed by atoms with Crippen molar-refractivity contribution in [3.05, 3.63) is 51.7 Å². The molecule has 0 atom stereocenters. The number of piperazine rings is 1. The van der Waals surface area contributed by atoms with Crippen LogP contribution in [0.25, 0.3) is 10.2 Å². The molecule has 3 aromatic rings. The van der Waals surface area contributed by atoms with E-state index in [4.69, 9.17) is 4.98 Å². The molecule has 11 nitrogen and oxygen atoms in total. The normalized spacial score (nSPS) is 20.1. The van der Waals surface area contributed by atoms with Crippen LogP contribution in [0.2, 0.25) is 0 Å². The fourth-order valence-corrected chi connectivity index (χ4v) is 7.25. The van der Waals surface area contributed by atoms with Crippen LogP contribution in [0.3, 0.4) is 0 Å². The van der Waals surface area contributed by atoms with Gasteiger partial charge < -0.3 is 4.90 Å². The number of hydrogen-bond acceptors (Lipinski definition) is 9. The monoisotopic (exact) mass is 545 g/mol. The Morgan fingerprint density at radius 1 is 0.872 bits per heavy atom. The lowest BCUT2D eigenvalue weighted by Gasteiger charge is -2.35. The second kappa shape index (κ2) is 9.38. The number of benzene rings is 1. The standard InChI is InChI=1S/C27H27N7O4S/c35-21-7-8-33(27(38)30-21)34-25(36)17-6-5-16(13-19(17)26(34)37)14-31-9-11-32(12-10-31)23-22-18-3-1-2-4-20(18)39-24(22)29-15-28-23/h5-6,13,15H,1-4,7-12,14H2,(H,30,35,38). The summed E-state index contributed by atoms with van der Waals surface area (Å²) in [6.45, 7) is 4.01. The van der Waals surface area contributed by atoms with E-state index >= 15 is 0 Å². The lowest BCUT2D eigenvalue weighted by atomic mass is 9.97. The number of thiophene rings is 1. The molecule has 0 saturated carbocycles. The van der Waals surface area contributed by atoms with E-state index in [0.717, 1.165) is 65.3 Å². The van der Waals surface area contributed by atoms with Crippen LogP contribution in [0.1, 0.15) is 56.0 Å². The van der Waals surface area contributed by atoms with Gasteiger partial charge in [-0.25, -0.2) is 19.8 Å². The smallest absolute Gasteiger partial charge is 0.343 e. The van der Waals surface area contributed by atoms with Crippen molar-refractivity contribution in [1.29, 1.82) is 0 Å². The number of aromatic nitrogens is 2. The Morgan fingerprint density at radius 2 is 1.67 bits per heavy atom. The van der Waals surface area contributed by atoms with E-state index in [1.165, 1.54) is 28.7 Å². The molecule has 2 saturated heterocycles. The zero-order valence-corrected chi connectivity index (χ0v) is 22.1. The highest BCUT2D eigenvalue weighted by Crippen LogP contribution is 2.39.